The number of esters is 1. The molecule has 248 valence electrons. The first-order valence-corrected chi connectivity index (χ1v) is 15.4. The van der Waals surface area contributed by atoms with E-state index in [9.17, 15) is 9.59 Å². The Balaban J connectivity index is 0.000000313. The Morgan fingerprint density at radius 3 is 2.51 bits per heavy atom. The van der Waals surface area contributed by atoms with E-state index in [0.29, 0.717) is 54.2 Å². The number of carbonyl (C=O) groups is 2. The minimum absolute atomic E-state index is 0.000642. The highest BCUT2D eigenvalue weighted by Crippen LogP contribution is 2.41. The van der Waals surface area contributed by atoms with Gasteiger partial charge in [-0.15, -0.1) is 0 Å². The molecule has 0 fully saturated rings. The number of pyridine rings is 1. The van der Waals surface area contributed by atoms with Crippen LogP contribution in [0.1, 0.15) is 53.2 Å². The van der Waals surface area contributed by atoms with Crippen molar-refractivity contribution in [2.24, 2.45) is 0 Å². The SMILES string of the molecule is CCC(=O)OC(CC)CN(C)CCOC.COc1cc2c(cc1-n1nc(C)c3cnc(Cl)cc31)OCCN2C(=O)OC(C)(C)C. The fraction of sp³-hybridized carbons (Fsp3) is 0.562. The van der Waals surface area contributed by atoms with Crippen LogP contribution in [0.2, 0.25) is 5.15 Å². The van der Waals surface area contributed by atoms with Crippen LogP contribution in [0.5, 0.6) is 11.5 Å². The number of carbonyl (C=O) groups excluding carboxylic acids is 2. The second-order valence-electron chi connectivity index (χ2n) is 11.6. The molecule has 1 aliphatic heterocycles. The van der Waals surface area contributed by atoms with Crippen LogP contribution in [0.3, 0.4) is 0 Å². The lowest BCUT2D eigenvalue weighted by molar-refractivity contribution is -0.149. The van der Waals surface area contributed by atoms with Crippen molar-refractivity contribution in [1.29, 1.82) is 0 Å². The molecule has 0 aliphatic carbocycles. The molecule has 0 N–H and O–H groups in total. The van der Waals surface area contributed by atoms with E-state index in [1.807, 2.05) is 54.7 Å². The number of hydrogen-bond donors (Lipinski definition) is 0. The number of methoxy groups -OCH3 is 2. The maximum absolute atomic E-state index is 12.7. The number of amides is 1. The van der Waals surface area contributed by atoms with Gasteiger partial charge in [-0.05, 0) is 41.2 Å². The quantitative estimate of drug-likeness (QED) is 0.197. The zero-order valence-corrected chi connectivity index (χ0v) is 28.6. The van der Waals surface area contributed by atoms with E-state index >= 15 is 0 Å². The lowest BCUT2D eigenvalue weighted by Crippen LogP contribution is -2.41. The Morgan fingerprint density at radius 2 is 1.89 bits per heavy atom. The number of aromatic nitrogens is 3. The van der Waals surface area contributed by atoms with E-state index in [2.05, 4.69) is 15.0 Å². The van der Waals surface area contributed by atoms with Crippen LogP contribution in [0.15, 0.2) is 24.4 Å². The van der Waals surface area contributed by atoms with Crippen molar-refractivity contribution in [3.05, 3.63) is 35.2 Å². The zero-order valence-electron chi connectivity index (χ0n) is 27.8. The first-order chi connectivity index (χ1) is 21.3. The van der Waals surface area contributed by atoms with Crippen molar-refractivity contribution in [3.63, 3.8) is 0 Å². The summed E-state index contributed by atoms with van der Waals surface area (Å²) in [4.78, 5) is 31.6. The van der Waals surface area contributed by atoms with Crippen molar-refractivity contribution in [2.45, 2.75) is 66.1 Å². The number of hydrogen-bond acceptors (Lipinski definition) is 10. The number of likely N-dealkylation sites (N-methyl/N-ethyl adjacent to an activating group) is 1. The van der Waals surface area contributed by atoms with Gasteiger partial charge in [0, 0.05) is 56.4 Å². The largest absolute Gasteiger partial charge is 0.494 e. The molecule has 0 saturated carbocycles. The van der Waals surface area contributed by atoms with Crippen LogP contribution in [0.4, 0.5) is 10.5 Å². The third-order valence-electron chi connectivity index (χ3n) is 6.92. The number of halogens is 1. The van der Waals surface area contributed by atoms with Gasteiger partial charge in [0.05, 0.1) is 37.2 Å². The highest BCUT2D eigenvalue weighted by Gasteiger charge is 2.30. The van der Waals surface area contributed by atoms with Crippen LogP contribution in [-0.4, -0.2) is 97.5 Å². The molecule has 1 aromatic carbocycles. The second kappa shape index (κ2) is 16.1. The maximum Gasteiger partial charge on any atom is 0.415 e. The smallest absolute Gasteiger partial charge is 0.415 e. The van der Waals surface area contributed by atoms with E-state index in [0.717, 1.165) is 36.1 Å². The predicted octanol–water partition coefficient (Wildman–Crippen LogP) is 5.82. The molecule has 1 amide bonds. The van der Waals surface area contributed by atoms with E-state index in [1.54, 1.807) is 42.1 Å². The standard InChI is InChI=1S/C21H23ClN4O4.C11H23NO3/c1-12-13-11-23-19(22)10-14(13)26(24-12)16-9-18-15(8-17(16)28-5)25(6-7-29-18)20(27)30-21(2,3)4;1-5-10(15-11(13)6-2)9-12(3)7-8-14-4/h8-11H,6-7H2,1-5H3;10H,5-9H2,1-4H3. The van der Waals surface area contributed by atoms with Gasteiger partial charge in [0.2, 0.25) is 0 Å². The summed E-state index contributed by atoms with van der Waals surface area (Å²) in [6.45, 7) is 14.3. The highest BCUT2D eigenvalue weighted by molar-refractivity contribution is 6.30. The van der Waals surface area contributed by atoms with Gasteiger partial charge in [0.15, 0.2) is 0 Å². The molecular weight excluding hydrogens is 602 g/mol. The van der Waals surface area contributed by atoms with Gasteiger partial charge in [0.25, 0.3) is 0 Å². The van der Waals surface area contributed by atoms with Crippen LogP contribution < -0.4 is 14.4 Å². The number of anilines is 1. The summed E-state index contributed by atoms with van der Waals surface area (Å²) in [5.41, 5.74) is 2.26. The third kappa shape index (κ3) is 9.69. The molecular formula is C32H46ClN5O7. The first-order valence-electron chi connectivity index (χ1n) is 15.0. The van der Waals surface area contributed by atoms with Gasteiger partial charge in [-0.2, -0.15) is 5.10 Å². The predicted molar refractivity (Wildman–Crippen MR) is 174 cm³/mol. The minimum Gasteiger partial charge on any atom is -0.494 e. The van der Waals surface area contributed by atoms with Crippen molar-refractivity contribution in [1.82, 2.24) is 19.7 Å². The first kappa shape index (κ1) is 35.9. The monoisotopic (exact) mass is 647 g/mol. The molecule has 1 unspecified atom stereocenters. The summed E-state index contributed by atoms with van der Waals surface area (Å²) in [5.74, 6) is 0.955. The van der Waals surface area contributed by atoms with Crippen LogP contribution in [-0.2, 0) is 19.0 Å². The second-order valence-corrected chi connectivity index (χ2v) is 12.0. The molecule has 4 rings (SSSR count). The molecule has 12 nitrogen and oxygen atoms in total. The normalized spacial score (nSPS) is 13.4. The minimum atomic E-state index is -0.599. The van der Waals surface area contributed by atoms with Gasteiger partial charge in [-0.1, -0.05) is 25.4 Å². The van der Waals surface area contributed by atoms with Gasteiger partial charge in [0.1, 0.15) is 40.7 Å². The number of nitrogens with zero attached hydrogens (tertiary/aromatic N) is 5. The van der Waals surface area contributed by atoms with E-state index < -0.39 is 11.7 Å². The van der Waals surface area contributed by atoms with Crippen molar-refractivity contribution >= 4 is 40.3 Å². The Morgan fingerprint density at radius 1 is 1.16 bits per heavy atom. The topological polar surface area (TPSA) is 117 Å². The van der Waals surface area contributed by atoms with Crippen LogP contribution in [0.25, 0.3) is 16.6 Å². The molecule has 2 aromatic heterocycles. The molecule has 3 aromatic rings. The van der Waals surface area contributed by atoms with Crippen LogP contribution in [0, 0.1) is 6.92 Å². The molecule has 3 heterocycles. The number of fused-ring (bicyclic) bond motifs is 2. The summed E-state index contributed by atoms with van der Waals surface area (Å²) in [6, 6.07) is 5.33. The molecule has 1 atom stereocenters. The molecule has 0 bridgehead atoms. The lowest BCUT2D eigenvalue weighted by Gasteiger charge is -2.32. The van der Waals surface area contributed by atoms with Crippen molar-refractivity contribution in [3.8, 4) is 17.2 Å². The molecule has 0 spiro atoms. The van der Waals surface area contributed by atoms with Gasteiger partial charge < -0.3 is 28.6 Å². The molecule has 1 aliphatic rings. The zero-order chi connectivity index (χ0) is 33.3. The Hall–Kier alpha value is -3.61. The van der Waals surface area contributed by atoms with E-state index in [-0.39, 0.29) is 12.1 Å². The molecule has 13 heteroatoms. The average Bonchev–Trinajstić information content (AvgIpc) is 3.32. The maximum atomic E-state index is 12.7. The van der Waals surface area contributed by atoms with E-state index in [1.165, 1.54) is 0 Å². The summed E-state index contributed by atoms with van der Waals surface area (Å²) < 4.78 is 29.0. The third-order valence-corrected chi connectivity index (χ3v) is 7.12. The van der Waals surface area contributed by atoms with Gasteiger partial charge >= 0.3 is 12.1 Å². The van der Waals surface area contributed by atoms with Crippen molar-refractivity contribution in [2.75, 3.05) is 59.0 Å². The summed E-state index contributed by atoms with van der Waals surface area (Å²) in [6.07, 6.45) is 2.56. The number of benzene rings is 1. The average molecular weight is 648 g/mol. The van der Waals surface area contributed by atoms with Crippen LogP contribution >= 0.6 is 11.6 Å². The lowest BCUT2D eigenvalue weighted by atomic mass is 10.2. The molecule has 45 heavy (non-hydrogen) atoms. The Kier molecular flexibility index (Phi) is 12.8. The fourth-order valence-electron chi connectivity index (χ4n) is 4.59. The van der Waals surface area contributed by atoms with Crippen molar-refractivity contribution < 1.29 is 33.3 Å². The van der Waals surface area contributed by atoms with Gasteiger partial charge in [-0.3, -0.25) is 9.69 Å². The molecule has 0 radical (unpaired) electrons. The summed E-state index contributed by atoms with van der Waals surface area (Å²) in [7, 11) is 5.25. The van der Waals surface area contributed by atoms with Gasteiger partial charge in [-0.25, -0.2) is 14.5 Å². The Labute approximate surface area is 270 Å². The summed E-state index contributed by atoms with van der Waals surface area (Å²) in [5, 5.41) is 5.89. The fourth-order valence-corrected chi connectivity index (χ4v) is 4.74. The molecule has 0 saturated heterocycles. The highest BCUT2D eigenvalue weighted by atomic mass is 35.5. The summed E-state index contributed by atoms with van der Waals surface area (Å²) >= 11 is 6.12. The number of ether oxygens (including phenoxy) is 5. The Bertz CT molecular complexity index is 1460. The number of aryl methyl sites for hydroxylation is 1. The number of rotatable bonds is 10. The van der Waals surface area contributed by atoms with E-state index in [4.69, 9.17) is 35.3 Å².